The van der Waals surface area contributed by atoms with E-state index in [0.29, 0.717) is 11.3 Å². The van der Waals surface area contributed by atoms with Gasteiger partial charge in [-0.15, -0.1) is 6.58 Å². The van der Waals surface area contributed by atoms with Crippen molar-refractivity contribution < 1.29 is 8.78 Å². The first kappa shape index (κ1) is 23.1. The van der Waals surface area contributed by atoms with E-state index in [1.165, 1.54) is 82.3 Å². The quantitative estimate of drug-likeness (QED) is 0.377. The number of benzene rings is 1. The molecule has 3 heteroatoms. The SMILES string of the molecule is C=CCCC1CCC(C2CCC(CCc3ccc(-c4ccc(F)c(F)c4)nc3)CC2)CC1. The van der Waals surface area contributed by atoms with Crippen molar-refractivity contribution in [2.24, 2.45) is 23.7 Å². The van der Waals surface area contributed by atoms with Crippen molar-refractivity contribution in [1.82, 2.24) is 4.98 Å². The smallest absolute Gasteiger partial charge is 0.159 e. The summed E-state index contributed by atoms with van der Waals surface area (Å²) in [4.78, 5) is 4.49. The Labute approximate surface area is 192 Å². The van der Waals surface area contributed by atoms with E-state index in [4.69, 9.17) is 0 Å². The Balaban J connectivity index is 1.19. The van der Waals surface area contributed by atoms with E-state index in [-0.39, 0.29) is 0 Å². The Morgan fingerprint density at radius 2 is 1.47 bits per heavy atom. The first-order valence-corrected chi connectivity index (χ1v) is 12.6. The van der Waals surface area contributed by atoms with Gasteiger partial charge >= 0.3 is 0 Å². The van der Waals surface area contributed by atoms with Gasteiger partial charge in [-0.2, -0.15) is 0 Å². The second-order valence-corrected chi connectivity index (χ2v) is 10.1. The van der Waals surface area contributed by atoms with Crippen LogP contribution < -0.4 is 0 Å². The van der Waals surface area contributed by atoms with Crippen molar-refractivity contribution in [1.29, 1.82) is 0 Å². The molecule has 2 fully saturated rings. The third-order valence-electron chi connectivity index (χ3n) is 8.11. The van der Waals surface area contributed by atoms with Crippen molar-refractivity contribution in [3.8, 4) is 11.3 Å². The van der Waals surface area contributed by atoms with Crippen LogP contribution in [0.25, 0.3) is 11.3 Å². The Hall–Kier alpha value is -2.03. The minimum absolute atomic E-state index is 0.614. The lowest BCUT2D eigenvalue weighted by Crippen LogP contribution is -2.26. The van der Waals surface area contributed by atoms with E-state index in [1.807, 2.05) is 12.3 Å². The standard InChI is InChI=1S/C29H37F2N/c1-2-3-4-21-7-12-24(13-8-21)25-14-9-22(10-15-25)5-6-23-11-18-29(32-20-23)26-16-17-27(30)28(31)19-26/h2,11,16-22,24-25H,1,3-10,12-15H2. The van der Waals surface area contributed by atoms with E-state index >= 15 is 0 Å². The molecule has 0 aliphatic heterocycles. The molecule has 0 unspecified atom stereocenters. The van der Waals surface area contributed by atoms with Crippen molar-refractivity contribution in [2.45, 2.75) is 77.0 Å². The molecular formula is C29H37F2N. The van der Waals surface area contributed by atoms with Crippen LogP contribution in [-0.2, 0) is 6.42 Å². The molecule has 2 saturated carbocycles. The lowest BCUT2D eigenvalue weighted by Gasteiger charge is -2.38. The summed E-state index contributed by atoms with van der Waals surface area (Å²) in [5.41, 5.74) is 2.53. The van der Waals surface area contributed by atoms with Gasteiger partial charge in [0.15, 0.2) is 11.6 Å². The van der Waals surface area contributed by atoms with Crippen LogP contribution in [0.5, 0.6) is 0 Å². The minimum Gasteiger partial charge on any atom is -0.256 e. The lowest BCUT2D eigenvalue weighted by molar-refractivity contribution is 0.141. The maximum Gasteiger partial charge on any atom is 0.159 e. The Kier molecular flexibility index (Phi) is 8.10. The summed E-state index contributed by atoms with van der Waals surface area (Å²) in [5.74, 6) is 2.07. The highest BCUT2D eigenvalue weighted by atomic mass is 19.2. The lowest BCUT2D eigenvalue weighted by atomic mass is 9.68. The van der Waals surface area contributed by atoms with Crippen LogP contribution in [0.15, 0.2) is 49.2 Å². The number of hydrogen-bond acceptors (Lipinski definition) is 1. The highest BCUT2D eigenvalue weighted by Crippen LogP contribution is 2.43. The van der Waals surface area contributed by atoms with Gasteiger partial charge in [0.05, 0.1) is 5.69 Å². The molecule has 172 valence electrons. The Morgan fingerprint density at radius 1 is 0.812 bits per heavy atom. The molecule has 0 N–H and O–H groups in total. The summed E-state index contributed by atoms with van der Waals surface area (Å²) in [6.45, 7) is 3.87. The summed E-state index contributed by atoms with van der Waals surface area (Å²) in [6.07, 6.45) is 20.1. The zero-order valence-electron chi connectivity index (χ0n) is 19.2. The molecule has 1 aromatic heterocycles. The molecule has 0 atom stereocenters. The molecular weight excluding hydrogens is 400 g/mol. The van der Waals surface area contributed by atoms with Gasteiger partial charge in [0, 0.05) is 11.8 Å². The Morgan fingerprint density at radius 3 is 2.03 bits per heavy atom. The van der Waals surface area contributed by atoms with Gasteiger partial charge in [0.1, 0.15) is 0 Å². The predicted octanol–water partition coefficient (Wildman–Crippen LogP) is 8.54. The molecule has 32 heavy (non-hydrogen) atoms. The summed E-state index contributed by atoms with van der Waals surface area (Å²) >= 11 is 0. The molecule has 1 heterocycles. The third-order valence-corrected chi connectivity index (χ3v) is 8.11. The molecule has 0 radical (unpaired) electrons. The zero-order chi connectivity index (χ0) is 22.3. The number of allylic oxidation sites excluding steroid dienone is 1. The third kappa shape index (κ3) is 6.05. The van der Waals surface area contributed by atoms with Gasteiger partial charge in [0.25, 0.3) is 0 Å². The molecule has 0 spiro atoms. The normalized spacial score (nSPS) is 26.1. The van der Waals surface area contributed by atoms with E-state index in [2.05, 4.69) is 23.7 Å². The number of halogens is 2. The number of hydrogen-bond donors (Lipinski definition) is 0. The van der Waals surface area contributed by atoms with E-state index in [0.717, 1.165) is 36.2 Å². The van der Waals surface area contributed by atoms with Crippen LogP contribution in [0.3, 0.4) is 0 Å². The molecule has 2 aliphatic rings. The molecule has 1 nitrogen and oxygen atoms in total. The molecule has 0 saturated heterocycles. The van der Waals surface area contributed by atoms with Crippen molar-refractivity contribution in [3.63, 3.8) is 0 Å². The molecule has 2 aromatic rings. The minimum atomic E-state index is -0.829. The van der Waals surface area contributed by atoms with Crippen molar-refractivity contribution >= 4 is 0 Å². The van der Waals surface area contributed by atoms with Gasteiger partial charge in [-0.25, -0.2) is 8.78 Å². The number of aromatic nitrogens is 1. The maximum atomic E-state index is 13.5. The van der Waals surface area contributed by atoms with Gasteiger partial charge in [-0.3, -0.25) is 4.98 Å². The second-order valence-electron chi connectivity index (χ2n) is 10.1. The van der Waals surface area contributed by atoms with Crippen LogP contribution in [0.4, 0.5) is 8.78 Å². The zero-order valence-corrected chi connectivity index (χ0v) is 19.2. The largest absolute Gasteiger partial charge is 0.256 e. The number of aryl methyl sites for hydroxylation is 1. The topological polar surface area (TPSA) is 12.9 Å². The molecule has 2 aliphatic carbocycles. The van der Waals surface area contributed by atoms with Crippen LogP contribution in [0, 0.1) is 35.3 Å². The van der Waals surface area contributed by atoms with Crippen molar-refractivity contribution in [2.75, 3.05) is 0 Å². The summed E-state index contributed by atoms with van der Waals surface area (Å²) in [7, 11) is 0. The van der Waals surface area contributed by atoms with E-state index < -0.39 is 11.6 Å². The van der Waals surface area contributed by atoms with Crippen LogP contribution in [0.1, 0.15) is 76.2 Å². The fourth-order valence-electron chi connectivity index (χ4n) is 6.02. The first-order chi connectivity index (χ1) is 15.6. The number of rotatable bonds is 8. The molecule has 0 amide bonds. The van der Waals surface area contributed by atoms with Gasteiger partial charge in [-0.05, 0) is 105 Å². The average molecular weight is 438 g/mol. The monoisotopic (exact) mass is 437 g/mol. The highest BCUT2D eigenvalue weighted by molar-refractivity contribution is 5.59. The van der Waals surface area contributed by atoms with Crippen LogP contribution in [-0.4, -0.2) is 4.98 Å². The number of pyridine rings is 1. The molecule has 4 rings (SSSR count). The predicted molar refractivity (Wildman–Crippen MR) is 128 cm³/mol. The molecule has 0 bridgehead atoms. The fraction of sp³-hybridized carbons (Fsp3) is 0.552. The van der Waals surface area contributed by atoms with E-state index in [1.54, 1.807) is 6.07 Å². The Bertz CT molecular complexity index is 859. The van der Waals surface area contributed by atoms with Crippen molar-refractivity contribution in [3.05, 3.63) is 66.4 Å². The van der Waals surface area contributed by atoms with E-state index in [9.17, 15) is 8.78 Å². The van der Waals surface area contributed by atoms with Gasteiger partial charge in [-0.1, -0.05) is 37.8 Å². The van der Waals surface area contributed by atoms with Gasteiger partial charge in [0.2, 0.25) is 0 Å². The maximum absolute atomic E-state index is 13.5. The first-order valence-electron chi connectivity index (χ1n) is 12.6. The second kappa shape index (κ2) is 11.2. The number of nitrogens with zero attached hydrogens (tertiary/aromatic N) is 1. The molecule has 1 aromatic carbocycles. The summed E-state index contributed by atoms with van der Waals surface area (Å²) < 4.78 is 26.6. The van der Waals surface area contributed by atoms with Crippen LogP contribution in [0.2, 0.25) is 0 Å². The average Bonchev–Trinajstić information content (AvgIpc) is 2.84. The summed E-state index contributed by atoms with van der Waals surface area (Å²) in [6, 6.07) is 7.95. The highest BCUT2D eigenvalue weighted by Gasteiger charge is 2.30. The van der Waals surface area contributed by atoms with Gasteiger partial charge < -0.3 is 0 Å². The fourth-order valence-corrected chi connectivity index (χ4v) is 6.02. The van der Waals surface area contributed by atoms with Crippen LogP contribution >= 0.6 is 0 Å². The summed E-state index contributed by atoms with van der Waals surface area (Å²) in [5, 5.41) is 0.